The van der Waals surface area contributed by atoms with Crippen LogP contribution in [-0.2, 0) is 19.2 Å². The van der Waals surface area contributed by atoms with Crippen molar-refractivity contribution in [2.75, 3.05) is 75.4 Å². The molecule has 0 aromatic heterocycles. The van der Waals surface area contributed by atoms with Gasteiger partial charge < -0.3 is 112 Å². The van der Waals surface area contributed by atoms with Crippen LogP contribution < -0.4 is 112 Å². The lowest BCUT2D eigenvalue weighted by atomic mass is 10.1. The summed E-state index contributed by atoms with van der Waals surface area (Å²) in [6, 6.07) is 12.0. The van der Waals surface area contributed by atoms with E-state index < -0.39 is 71.4 Å². The number of benzene rings is 4. The van der Waals surface area contributed by atoms with Crippen LogP contribution in [0.4, 0.5) is 22.7 Å². The predicted octanol–water partition coefficient (Wildman–Crippen LogP) is -0.260. The summed E-state index contributed by atoms with van der Waals surface area (Å²) >= 11 is 0. The van der Waals surface area contributed by atoms with Gasteiger partial charge in [0.25, 0.3) is 23.6 Å². The Morgan fingerprint density at radius 1 is 0.411 bits per heavy atom. The van der Waals surface area contributed by atoms with Gasteiger partial charge >= 0.3 is 0 Å². The Bertz CT molecular complexity index is 3260. The second-order valence-corrected chi connectivity index (χ2v) is 19.8. The fourth-order valence-electron chi connectivity index (χ4n) is 8.67. The zero-order valence-electron chi connectivity index (χ0n) is 50.3. The number of primary amides is 1. The minimum atomic E-state index is -1.33. The van der Waals surface area contributed by atoms with E-state index in [0.29, 0.717) is 13.0 Å². The SMILES string of the molecule is CCOc1ccc(NC(=O)[C@@H](CCCNC(=N)N)NC(=O)c2cc(NC(=O)[C@H](N)CCCNC(=N)N)ccc2OC)cc1C(=O)N[C@H](CCCNC(=N)N)C(=O)Nc1ccc(OC)c(C(=O)N[C@H](CCCNC(=N)N)C(=O)Nc2ccc(OC)c(C(N)=O)c2)c1. The highest BCUT2D eigenvalue weighted by Gasteiger charge is 2.29. The number of ether oxygens (including phenoxy) is 4. The monoisotopic (exact) mass is 1250 g/mol. The molecule has 33 heteroatoms. The molecule has 33 nitrogen and oxygen atoms in total. The van der Waals surface area contributed by atoms with Crippen molar-refractivity contribution < 1.29 is 57.3 Å². The van der Waals surface area contributed by atoms with Gasteiger partial charge in [-0.25, -0.2) is 0 Å². The van der Waals surface area contributed by atoms with Crippen molar-refractivity contribution in [1.82, 2.24) is 37.2 Å². The van der Waals surface area contributed by atoms with E-state index in [0.717, 1.165) is 0 Å². The van der Waals surface area contributed by atoms with E-state index in [2.05, 4.69) is 58.5 Å². The molecule has 8 amide bonds. The highest BCUT2D eigenvalue weighted by Crippen LogP contribution is 2.28. The maximum atomic E-state index is 14.5. The normalized spacial score (nSPS) is 11.9. The average molecular weight is 1250 g/mol. The van der Waals surface area contributed by atoms with Gasteiger partial charge in [-0.2, -0.15) is 0 Å². The molecule has 0 saturated heterocycles. The average Bonchev–Trinajstić information content (AvgIpc) is 0.980. The first-order valence-electron chi connectivity index (χ1n) is 28.2. The molecule has 0 aliphatic carbocycles. The van der Waals surface area contributed by atoms with E-state index in [1.165, 1.54) is 94.1 Å². The van der Waals surface area contributed by atoms with Crippen molar-refractivity contribution in [2.24, 2.45) is 34.4 Å². The van der Waals surface area contributed by atoms with Crippen LogP contribution in [0, 0.1) is 21.6 Å². The zero-order valence-corrected chi connectivity index (χ0v) is 50.3. The summed E-state index contributed by atoms with van der Waals surface area (Å²) < 4.78 is 22.0. The molecule has 0 heterocycles. The maximum Gasteiger partial charge on any atom is 0.255 e. The van der Waals surface area contributed by atoms with Crippen LogP contribution in [0.3, 0.4) is 0 Å². The van der Waals surface area contributed by atoms with Crippen LogP contribution in [0.1, 0.15) is 99.7 Å². The van der Waals surface area contributed by atoms with Gasteiger partial charge in [0.05, 0.1) is 56.2 Å². The lowest BCUT2D eigenvalue weighted by molar-refractivity contribution is -0.118. The van der Waals surface area contributed by atoms with Crippen molar-refractivity contribution in [3.05, 3.63) is 95.1 Å². The summed E-state index contributed by atoms with van der Waals surface area (Å²) in [5.74, 6) is -6.84. The fourth-order valence-corrected chi connectivity index (χ4v) is 8.67. The van der Waals surface area contributed by atoms with Crippen LogP contribution in [0.15, 0.2) is 72.8 Å². The maximum absolute atomic E-state index is 14.5. The summed E-state index contributed by atoms with van der Waals surface area (Å²) in [5, 5.41) is 59.5. The van der Waals surface area contributed by atoms with E-state index in [4.69, 9.17) is 75.0 Å². The Morgan fingerprint density at radius 2 is 0.689 bits per heavy atom. The second-order valence-electron chi connectivity index (χ2n) is 19.8. The minimum absolute atomic E-state index is 0.00444. The molecule has 0 radical (unpaired) electrons. The smallest absolute Gasteiger partial charge is 0.255 e. The molecule has 4 aromatic carbocycles. The first kappa shape index (κ1) is 71.4. The van der Waals surface area contributed by atoms with Crippen LogP contribution in [-0.4, -0.2) is 149 Å². The van der Waals surface area contributed by atoms with E-state index >= 15 is 0 Å². The number of nitrogens with two attached hydrogens (primary N) is 6. The number of hydrogen-bond acceptors (Lipinski definition) is 17. The fraction of sp³-hybridized carbons (Fsp3) is 0.368. The number of amides is 8. The number of anilines is 4. The molecule has 27 N–H and O–H groups in total. The molecule has 486 valence electrons. The van der Waals surface area contributed by atoms with Gasteiger partial charge in [0.15, 0.2) is 23.8 Å². The molecule has 0 saturated carbocycles. The molecule has 0 spiro atoms. The third-order valence-electron chi connectivity index (χ3n) is 13.1. The van der Waals surface area contributed by atoms with Crippen molar-refractivity contribution in [2.45, 2.75) is 82.5 Å². The minimum Gasteiger partial charge on any atom is -0.496 e. The molecular weight excluding hydrogens is 1170 g/mol. The largest absolute Gasteiger partial charge is 0.496 e. The summed E-state index contributed by atoms with van der Waals surface area (Å²) in [5.41, 5.74) is 33.5. The Balaban J connectivity index is 1.61. The van der Waals surface area contributed by atoms with Crippen LogP contribution in [0.2, 0.25) is 0 Å². The summed E-state index contributed by atoms with van der Waals surface area (Å²) in [6.07, 6.45) is 1.30. The van der Waals surface area contributed by atoms with Gasteiger partial charge in [0.2, 0.25) is 23.6 Å². The number of rotatable bonds is 36. The lowest BCUT2D eigenvalue weighted by Gasteiger charge is -2.22. The topological polar surface area (TPSA) is 557 Å². The molecule has 90 heavy (non-hydrogen) atoms. The third-order valence-corrected chi connectivity index (χ3v) is 13.1. The Hall–Kier alpha value is -11.1. The van der Waals surface area contributed by atoms with Crippen molar-refractivity contribution >= 4 is 93.8 Å². The molecule has 0 aliphatic heterocycles. The van der Waals surface area contributed by atoms with Gasteiger partial charge in [-0.05, 0) is 131 Å². The van der Waals surface area contributed by atoms with Crippen LogP contribution in [0.5, 0.6) is 23.0 Å². The Kier molecular flexibility index (Phi) is 28.6. The van der Waals surface area contributed by atoms with E-state index in [1.807, 2.05) is 0 Å². The first-order valence-corrected chi connectivity index (χ1v) is 28.2. The molecule has 0 aliphatic rings. The lowest BCUT2D eigenvalue weighted by Crippen LogP contribution is -2.45. The van der Waals surface area contributed by atoms with E-state index in [9.17, 15) is 38.4 Å². The molecule has 4 atom stereocenters. The summed E-state index contributed by atoms with van der Waals surface area (Å²) in [7, 11) is 3.97. The van der Waals surface area contributed by atoms with Crippen molar-refractivity contribution in [3.63, 3.8) is 0 Å². The second kappa shape index (κ2) is 36.1. The van der Waals surface area contributed by atoms with Crippen molar-refractivity contribution in [3.8, 4) is 23.0 Å². The number of nitrogens with one attached hydrogen (secondary N) is 15. The van der Waals surface area contributed by atoms with Crippen LogP contribution >= 0.6 is 0 Å². The molecule has 0 unspecified atom stereocenters. The highest BCUT2D eigenvalue weighted by atomic mass is 16.5. The first-order chi connectivity index (χ1) is 42.9. The number of guanidine groups is 4. The standard InChI is InChI=1S/C57H81N21O12/c1-5-90-45-21-17-33(75-52(85)40(12-8-24-70-56(64)65)77-47(80)35-27-31(15-19-43(35)88-3)72-50(83)38(58)10-6-22-68-54(60)61)29-37(45)49(82)78-41(13-9-25-71-57(66)67)53(86)74-32-16-20-44(89-4)36(28-32)48(81)76-39(11-7-23-69-55(62)63)51(84)73-30-14-18-42(87-2)34(26-30)46(59)79/h14-21,26-29,38-41H,5-13,22-25,58H2,1-4H3,(H2,59,79)(H,72,83)(H,73,84)(H,74,86)(H,75,85)(H,76,81)(H,77,80)(H,78,82)(H4,60,61,68)(H4,62,63,69)(H4,64,65,70)(H4,66,67,71)/t38-,39-,40-,41-/m1/s1. The number of hydrogen-bond donors (Lipinski definition) is 21. The predicted molar refractivity (Wildman–Crippen MR) is 338 cm³/mol. The molecular formula is C57H81N21O12. The zero-order chi connectivity index (χ0) is 66.5. The quantitative estimate of drug-likeness (QED) is 0.0158. The van der Waals surface area contributed by atoms with Gasteiger partial charge in [-0.3, -0.25) is 60.0 Å². The van der Waals surface area contributed by atoms with Crippen LogP contribution in [0.25, 0.3) is 0 Å². The summed E-state index contributed by atoms with van der Waals surface area (Å²) in [6.45, 7) is 2.51. The van der Waals surface area contributed by atoms with Crippen molar-refractivity contribution in [1.29, 1.82) is 21.6 Å². The number of carbonyl (C=O) groups excluding carboxylic acids is 8. The Morgan fingerprint density at radius 3 is 0.989 bits per heavy atom. The number of carbonyl (C=O) groups is 8. The summed E-state index contributed by atoms with van der Waals surface area (Å²) in [4.78, 5) is 110. The Labute approximate surface area is 518 Å². The number of methoxy groups -OCH3 is 3. The van der Waals surface area contributed by atoms with Gasteiger partial charge in [0.1, 0.15) is 41.1 Å². The molecule has 4 aromatic rings. The van der Waals surface area contributed by atoms with E-state index in [-0.39, 0.29) is 163 Å². The molecule has 0 fully saturated rings. The van der Waals surface area contributed by atoms with E-state index in [1.54, 1.807) is 6.92 Å². The third kappa shape index (κ3) is 23.3. The molecule has 0 bridgehead atoms. The highest BCUT2D eigenvalue weighted by molar-refractivity contribution is 6.08. The molecule has 4 rings (SSSR count). The van der Waals surface area contributed by atoms with Gasteiger partial charge in [0, 0.05) is 48.9 Å². The van der Waals surface area contributed by atoms with Gasteiger partial charge in [-0.1, -0.05) is 0 Å². The van der Waals surface area contributed by atoms with Gasteiger partial charge in [-0.15, -0.1) is 0 Å².